The summed E-state index contributed by atoms with van der Waals surface area (Å²) in [5, 5.41) is 18.6. The van der Waals surface area contributed by atoms with Crippen LogP contribution in [0.25, 0.3) is 11.3 Å². The van der Waals surface area contributed by atoms with Crippen LogP contribution < -0.4 is 10.5 Å². The standard InChI is InChI=1S/C12H10N4O2/c1-18-8-4-2-3-7(5-8)10-9(6-13)11(17)16-12(14)15-10/h2-5H,1H3,(H3,14,15,16,17). The van der Waals surface area contributed by atoms with Crippen molar-refractivity contribution >= 4 is 5.95 Å². The number of ether oxygens (including phenoxy) is 1. The fraction of sp³-hybridized carbons (Fsp3) is 0.0833. The van der Waals surface area contributed by atoms with Crippen molar-refractivity contribution in [3.8, 4) is 29.0 Å². The molecule has 0 aliphatic carbocycles. The lowest BCUT2D eigenvalue weighted by atomic mass is 10.1. The fourth-order valence-electron chi connectivity index (χ4n) is 1.55. The van der Waals surface area contributed by atoms with Crippen molar-refractivity contribution in [2.24, 2.45) is 0 Å². The van der Waals surface area contributed by atoms with E-state index in [1.54, 1.807) is 24.3 Å². The van der Waals surface area contributed by atoms with Crippen LogP contribution in [0.2, 0.25) is 0 Å². The Bertz CT molecular complexity index is 634. The average molecular weight is 242 g/mol. The number of hydrogen-bond acceptors (Lipinski definition) is 6. The monoisotopic (exact) mass is 242 g/mol. The molecule has 0 aliphatic rings. The molecule has 0 bridgehead atoms. The molecule has 0 atom stereocenters. The maximum Gasteiger partial charge on any atom is 0.234 e. The van der Waals surface area contributed by atoms with Crippen molar-refractivity contribution in [3.63, 3.8) is 0 Å². The van der Waals surface area contributed by atoms with Gasteiger partial charge in [-0.25, -0.2) is 4.98 Å². The fourth-order valence-corrected chi connectivity index (χ4v) is 1.55. The van der Waals surface area contributed by atoms with E-state index in [0.717, 1.165) is 0 Å². The predicted octanol–water partition coefficient (Wildman–Crippen LogP) is 1.31. The minimum atomic E-state index is -0.428. The molecular weight excluding hydrogens is 232 g/mol. The number of benzene rings is 1. The quantitative estimate of drug-likeness (QED) is 0.822. The Morgan fingerprint density at radius 3 is 2.83 bits per heavy atom. The Kier molecular flexibility index (Phi) is 2.98. The lowest BCUT2D eigenvalue weighted by molar-refractivity contribution is 0.415. The highest BCUT2D eigenvalue weighted by molar-refractivity contribution is 5.70. The topological polar surface area (TPSA) is 105 Å². The van der Waals surface area contributed by atoms with Crippen LogP contribution in [0.1, 0.15) is 5.56 Å². The van der Waals surface area contributed by atoms with Gasteiger partial charge >= 0.3 is 0 Å². The first-order valence-electron chi connectivity index (χ1n) is 5.06. The Labute approximate surface area is 103 Å². The van der Waals surface area contributed by atoms with Crippen LogP contribution in [0.15, 0.2) is 24.3 Å². The molecule has 0 amide bonds. The minimum Gasteiger partial charge on any atom is -0.497 e. The van der Waals surface area contributed by atoms with E-state index in [-0.39, 0.29) is 17.2 Å². The highest BCUT2D eigenvalue weighted by Crippen LogP contribution is 2.29. The number of methoxy groups -OCH3 is 1. The number of hydrogen-bond donors (Lipinski definition) is 2. The lowest BCUT2D eigenvalue weighted by Gasteiger charge is -2.07. The first-order valence-corrected chi connectivity index (χ1v) is 5.06. The summed E-state index contributed by atoms with van der Waals surface area (Å²) < 4.78 is 5.09. The third kappa shape index (κ3) is 2.01. The number of nitrogens with two attached hydrogens (primary N) is 1. The summed E-state index contributed by atoms with van der Waals surface area (Å²) in [6.45, 7) is 0. The molecule has 1 heterocycles. The van der Waals surface area contributed by atoms with Gasteiger partial charge in [0.05, 0.1) is 12.8 Å². The summed E-state index contributed by atoms with van der Waals surface area (Å²) in [4.78, 5) is 7.52. The first-order chi connectivity index (χ1) is 8.65. The second-order valence-corrected chi connectivity index (χ2v) is 3.47. The van der Waals surface area contributed by atoms with E-state index >= 15 is 0 Å². The van der Waals surface area contributed by atoms with E-state index in [1.165, 1.54) is 7.11 Å². The number of nitrogens with zero attached hydrogens (tertiary/aromatic N) is 3. The molecule has 6 nitrogen and oxygen atoms in total. The van der Waals surface area contributed by atoms with E-state index in [2.05, 4.69) is 9.97 Å². The Hall–Kier alpha value is -2.81. The molecule has 0 saturated heterocycles. The molecule has 1 aromatic carbocycles. The van der Waals surface area contributed by atoms with E-state index in [9.17, 15) is 5.11 Å². The van der Waals surface area contributed by atoms with Crippen LogP contribution in [0, 0.1) is 11.3 Å². The molecule has 2 rings (SSSR count). The van der Waals surface area contributed by atoms with Crippen molar-refractivity contribution in [2.75, 3.05) is 12.8 Å². The zero-order chi connectivity index (χ0) is 13.1. The van der Waals surface area contributed by atoms with Crippen LogP contribution in [0.5, 0.6) is 11.6 Å². The second kappa shape index (κ2) is 4.59. The largest absolute Gasteiger partial charge is 0.497 e. The van der Waals surface area contributed by atoms with Gasteiger partial charge in [0.15, 0.2) is 0 Å². The van der Waals surface area contributed by atoms with Gasteiger partial charge in [-0.2, -0.15) is 10.2 Å². The highest BCUT2D eigenvalue weighted by atomic mass is 16.5. The number of aromatic hydroxyl groups is 1. The smallest absolute Gasteiger partial charge is 0.234 e. The molecule has 0 spiro atoms. The Morgan fingerprint density at radius 1 is 1.39 bits per heavy atom. The van der Waals surface area contributed by atoms with Crippen LogP contribution >= 0.6 is 0 Å². The SMILES string of the molecule is COc1cccc(-c2nc(N)nc(O)c2C#N)c1. The third-order valence-electron chi connectivity index (χ3n) is 2.36. The molecule has 0 radical (unpaired) electrons. The minimum absolute atomic E-state index is 0.0162. The Morgan fingerprint density at radius 2 is 2.17 bits per heavy atom. The van der Waals surface area contributed by atoms with E-state index in [4.69, 9.17) is 15.7 Å². The van der Waals surface area contributed by atoms with Gasteiger partial charge in [-0.15, -0.1) is 0 Å². The van der Waals surface area contributed by atoms with Gasteiger partial charge in [-0.3, -0.25) is 0 Å². The van der Waals surface area contributed by atoms with Gasteiger partial charge in [-0.05, 0) is 12.1 Å². The van der Waals surface area contributed by atoms with Gasteiger partial charge in [-0.1, -0.05) is 12.1 Å². The summed E-state index contributed by atoms with van der Waals surface area (Å²) in [5.74, 6) is 0.0974. The lowest BCUT2D eigenvalue weighted by Crippen LogP contribution is -2.00. The number of nitrogen functional groups attached to an aromatic ring is 1. The maximum absolute atomic E-state index is 9.58. The summed E-state index contributed by atoms with van der Waals surface area (Å²) in [7, 11) is 1.54. The maximum atomic E-state index is 9.58. The van der Waals surface area contributed by atoms with E-state index < -0.39 is 5.88 Å². The summed E-state index contributed by atoms with van der Waals surface area (Å²) >= 11 is 0. The number of anilines is 1. The Balaban J connectivity index is 2.66. The van der Waals surface area contributed by atoms with Crippen molar-refractivity contribution in [1.29, 1.82) is 5.26 Å². The van der Waals surface area contributed by atoms with E-state index in [1.807, 2.05) is 6.07 Å². The molecule has 6 heteroatoms. The van der Waals surface area contributed by atoms with Crippen molar-refractivity contribution in [3.05, 3.63) is 29.8 Å². The molecule has 3 N–H and O–H groups in total. The normalized spacial score (nSPS) is 9.78. The second-order valence-electron chi connectivity index (χ2n) is 3.47. The molecule has 0 unspecified atom stereocenters. The molecular formula is C12H10N4O2. The molecule has 0 saturated carbocycles. The predicted molar refractivity (Wildman–Crippen MR) is 64.8 cm³/mol. The molecule has 2 aromatic rings. The van der Waals surface area contributed by atoms with Gasteiger partial charge in [0, 0.05) is 5.56 Å². The zero-order valence-corrected chi connectivity index (χ0v) is 9.58. The summed E-state index contributed by atoms with van der Waals surface area (Å²) in [5.41, 5.74) is 6.35. The number of rotatable bonds is 2. The van der Waals surface area contributed by atoms with Crippen LogP contribution in [-0.4, -0.2) is 22.2 Å². The van der Waals surface area contributed by atoms with Crippen molar-refractivity contribution < 1.29 is 9.84 Å². The molecule has 1 aromatic heterocycles. The first kappa shape index (κ1) is 11.7. The van der Waals surface area contributed by atoms with Gasteiger partial charge < -0.3 is 15.6 Å². The van der Waals surface area contributed by atoms with Crippen LogP contribution in [0.3, 0.4) is 0 Å². The van der Waals surface area contributed by atoms with Gasteiger partial charge in [0.2, 0.25) is 11.8 Å². The summed E-state index contributed by atoms with van der Waals surface area (Å²) in [6, 6.07) is 8.81. The van der Waals surface area contributed by atoms with Gasteiger partial charge in [0.1, 0.15) is 17.4 Å². The number of nitriles is 1. The molecule has 0 fully saturated rings. The van der Waals surface area contributed by atoms with Gasteiger partial charge in [0.25, 0.3) is 0 Å². The van der Waals surface area contributed by atoms with Crippen molar-refractivity contribution in [1.82, 2.24) is 9.97 Å². The molecule has 18 heavy (non-hydrogen) atoms. The van der Waals surface area contributed by atoms with Crippen LogP contribution in [-0.2, 0) is 0 Å². The molecule has 90 valence electrons. The zero-order valence-electron chi connectivity index (χ0n) is 9.58. The average Bonchev–Trinajstić information content (AvgIpc) is 2.38. The third-order valence-corrected chi connectivity index (χ3v) is 2.36. The number of aromatic nitrogens is 2. The highest BCUT2D eigenvalue weighted by Gasteiger charge is 2.14. The van der Waals surface area contributed by atoms with Crippen LogP contribution in [0.4, 0.5) is 5.95 Å². The molecule has 0 aliphatic heterocycles. The van der Waals surface area contributed by atoms with Crippen molar-refractivity contribution in [2.45, 2.75) is 0 Å². The summed E-state index contributed by atoms with van der Waals surface area (Å²) in [6.07, 6.45) is 0. The van der Waals surface area contributed by atoms with E-state index in [0.29, 0.717) is 11.3 Å².